The number of anilines is 1. The van der Waals surface area contributed by atoms with Crippen LogP contribution in [0, 0.1) is 5.82 Å². The summed E-state index contributed by atoms with van der Waals surface area (Å²) >= 11 is 1.29. The Hall–Kier alpha value is -1.31. The molecule has 2 atom stereocenters. The van der Waals surface area contributed by atoms with Crippen molar-refractivity contribution in [1.29, 1.82) is 0 Å². The Bertz CT molecular complexity index is 539. The van der Waals surface area contributed by atoms with E-state index in [0.717, 1.165) is 25.9 Å². The van der Waals surface area contributed by atoms with Crippen molar-refractivity contribution in [2.24, 2.45) is 0 Å². The molecule has 2 rings (SSSR count). The van der Waals surface area contributed by atoms with E-state index >= 15 is 0 Å². The maximum atomic E-state index is 12.8. The highest BCUT2D eigenvalue weighted by Crippen LogP contribution is 2.14. The Balaban J connectivity index is 0.00000288. The molecule has 3 N–H and O–H groups in total. The fourth-order valence-electron chi connectivity index (χ4n) is 2.30. The molecule has 0 radical (unpaired) electrons. The zero-order chi connectivity index (χ0) is 16.7. The molecule has 1 aliphatic rings. The highest BCUT2D eigenvalue weighted by molar-refractivity contribution is 8.01. The van der Waals surface area contributed by atoms with Gasteiger partial charge in [-0.05, 0) is 50.6 Å². The van der Waals surface area contributed by atoms with Gasteiger partial charge in [0.05, 0.1) is 11.0 Å². The summed E-state index contributed by atoms with van der Waals surface area (Å²) in [4.78, 5) is 23.9. The molecule has 2 unspecified atom stereocenters. The Morgan fingerprint density at radius 3 is 2.71 bits per heavy atom. The minimum atomic E-state index is -0.347. The van der Waals surface area contributed by atoms with E-state index in [4.69, 9.17) is 0 Å². The molecule has 0 aromatic heterocycles. The van der Waals surface area contributed by atoms with Gasteiger partial charge in [-0.15, -0.1) is 24.2 Å². The molecule has 1 saturated heterocycles. The van der Waals surface area contributed by atoms with Crippen molar-refractivity contribution < 1.29 is 14.0 Å². The van der Waals surface area contributed by atoms with Crippen LogP contribution in [0.1, 0.15) is 19.8 Å². The average Bonchev–Trinajstić information content (AvgIpc) is 2.55. The summed E-state index contributed by atoms with van der Waals surface area (Å²) in [6.07, 6.45) is 2.05. The number of amides is 2. The third kappa shape index (κ3) is 7.07. The second kappa shape index (κ2) is 10.5. The lowest BCUT2D eigenvalue weighted by molar-refractivity contribution is -0.121. The average molecular weight is 376 g/mol. The molecule has 1 fully saturated rings. The van der Waals surface area contributed by atoms with Crippen molar-refractivity contribution in [2.45, 2.75) is 31.1 Å². The van der Waals surface area contributed by atoms with Crippen molar-refractivity contribution in [3.8, 4) is 0 Å². The molecule has 0 aliphatic carbocycles. The van der Waals surface area contributed by atoms with Gasteiger partial charge in [0.15, 0.2) is 0 Å². The SMILES string of the molecule is CC(SCC(=O)Nc1ccc(F)cc1)C(=O)NC1CCCNC1.Cl. The van der Waals surface area contributed by atoms with E-state index in [1.807, 2.05) is 0 Å². The Morgan fingerprint density at radius 1 is 1.38 bits per heavy atom. The molecule has 0 bridgehead atoms. The number of halogens is 2. The number of thioether (sulfide) groups is 1. The van der Waals surface area contributed by atoms with Gasteiger partial charge >= 0.3 is 0 Å². The third-order valence-corrected chi connectivity index (χ3v) is 4.75. The second-order valence-electron chi connectivity index (χ2n) is 5.56. The number of carbonyl (C=O) groups excluding carboxylic acids is 2. The fourth-order valence-corrected chi connectivity index (χ4v) is 2.99. The second-order valence-corrected chi connectivity index (χ2v) is 6.89. The molecule has 0 saturated carbocycles. The van der Waals surface area contributed by atoms with Gasteiger partial charge in [0.2, 0.25) is 11.8 Å². The summed E-state index contributed by atoms with van der Waals surface area (Å²) in [5, 5.41) is 8.63. The van der Waals surface area contributed by atoms with E-state index in [-0.39, 0.29) is 47.1 Å². The Morgan fingerprint density at radius 2 is 2.08 bits per heavy atom. The van der Waals surface area contributed by atoms with Crippen LogP contribution in [0.5, 0.6) is 0 Å². The highest BCUT2D eigenvalue weighted by atomic mass is 35.5. The molecule has 1 heterocycles. The van der Waals surface area contributed by atoms with Gasteiger partial charge in [0.1, 0.15) is 5.82 Å². The van der Waals surface area contributed by atoms with Gasteiger partial charge in [-0.3, -0.25) is 9.59 Å². The zero-order valence-corrected chi connectivity index (χ0v) is 15.1. The summed E-state index contributed by atoms with van der Waals surface area (Å²) in [7, 11) is 0. The monoisotopic (exact) mass is 375 g/mol. The van der Waals surface area contributed by atoms with Gasteiger partial charge in [-0.2, -0.15) is 0 Å². The van der Waals surface area contributed by atoms with Crippen LogP contribution in [0.2, 0.25) is 0 Å². The van der Waals surface area contributed by atoms with E-state index < -0.39 is 0 Å². The lowest BCUT2D eigenvalue weighted by atomic mass is 10.1. The zero-order valence-electron chi connectivity index (χ0n) is 13.5. The predicted molar refractivity (Wildman–Crippen MR) is 98.2 cm³/mol. The topological polar surface area (TPSA) is 70.2 Å². The van der Waals surface area contributed by atoms with Crippen LogP contribution in [0.3, 0.4) is 0 Å². The molecule has 134 valence electrons. The fraction of sp³-hybridized carbons (Fsp3) is 0.500. The molecule has 1 aromatic rings. The van der Waals surface area contributed by atoms with Crippen molar-refractivity contribution in [3.63, 3.8) is 0 Å². The smallest absolute Gasteiger partial charge is 0.234 e. The molecular formula is C16H23ClFN3O2S. The largest absolute Gasteiger partial charge is 0.351 e. The van der Waals surface area contributed by atoms with Gasteiger partial charge in [0.25, 0.3) is 0 Å². The van der Waals surface area contributed by atoms with Crippen LogP contribution in [0.25, 0.3) is 0 Å². The van der Waals surface area contributed by atoms with E-state index in [0.29, 0.717) is 5.69 Å². The molecule has 1 aliphatic heterocycles. The first-order valence-corrected chi connectivity index (χ1v) is 8.77. The highest BCUT2D eigenvalue weighted by Gasteiger charge is 2.20. The van der Waals surface area contributed by atoms with E-state index in [1.165, 1.54) is 36.0 Å². The molecule has 8 heteroatoms. The van der Waals surface area contributed by atoms with E-state index in [9.17, 15) is 14.0 Å². The lowest BCUT2D eigenvalue weighted by Gasteiger charge is -2.25. The van der Waals surface area contributed by atoms with Crippen LogP contribution in [0.4, 0.5) is 10.1 Å². The number of hydrogen-bond donors (Lipinski definition) is 3. The Labute approximate surface area is 151 Å². The van der Waals surface area contributed by atoms with Gasteiger partial charge in [-0.25, -0.2) is 4.39 Å². The first-order valence-electron chi connectivity index (χ1n) is 7.72. The first-order chi connectivity index (χ1) is 11.0. The van der Waals surface area contributed by atoms with Crippen molar-refractivity contribution in [3.05, 3.63) is 30.1 Å². The minimum Gasteiger partial charge on any atom is -0.351 e. The predicted octanol–water partition coefficient (Wildman–Crippen LogP) is 2.18. The summed E-state index contributed by atoms with van der Waals surface area (Å²) in [6, 6.07) is 5.76. The standard InChI is InChI=1S/C16H22FN3O2S.ClH/c1-11(16(22)20-14-3-2-8-18-9-14)23-10-15(21)19-13-6-4-12(17)5-7-13;/h4-7,11,14,18H,2-3,8-10H2,1H3,(H,19,21)(H,20,22);1H. The number of nitrogens with one attached hydrogen (secondary N) is 3. The summed E-state index contributed by atoms with van der Waals surface area (Å²) in [5.41, 5.74) is 0.544. The summed E-state index contributed by atoms with van der Waals surface area (Å²) < 4.78 is 12.8. The molecular weight excluding hydrogens is 353 g/mol. The number of benzene rings is 1. The molecule has 0 spiro atoms. The molecule has 2 amide bonds. The van der Waals surface area contributed by atoms with E-state index in [1.54, 1.807) is 6.92 Å². The van der Waals surface area contributed by atoms with Crippen LogP contribution < -0.4 is 16.0 Å². The first kappa shape index (κ1) is 20.7. The minimum absolute atomic E-state index is 0. The molecule has 1 aromatic carbocycles. The quantitative estimate of drug-likeness (QED) is 0.712. The van der Waals surface area contributed by atoms with Gasteiger partial charge < -0.3 is 16.0 Å². The molecule has 5 nitrogen and oxygen atoms in total. The van der Waals surface area contributed by atoms with Crippen LogP contribution in [0.15, 0.2) is 24.3 Å². The van der Waals surface area contributed by atoms with Gasteiger partial charge in [0, 0.05) is 18.3 Å². The number of piperidine rings is 1. The molecule has 24 heavy (non-hydrogen) atoms. The van der Waals surface area contributed by atoms with Crippen molar-refractivity contribution >= 4 is 41.7 Å². The summed E-state index contributed by atoms with van der Waals surface area (Å²) in [5.74, 6) is -0.423. The summed E-state index contributed by atoms with van der Waals surface area (Å²) in [6.45, 7) is 3.59. The van der Waals surface area contributed by atoms with Crippen molar-refractivity contribution in [1.82, 2.24) is 10.6 Å². The van der Waals surface area contributed by atoms with Crippen LogP contribution in [-0.4, -0.2) is 41.9 Å². The maximum Gasteiger partial charge on any atom is 0.234 e. The lowest BCUT2D eigenvalue weighted by Crippen LogP contribution is -2.47. The van der Waals surface area contributed by atoms with Crippen LogP contribution in [-0.2, 0) is 9.59 Å². The Kier molecular flexibility index (Phi) is 9.10. The van der Waals surface area contributed by atoms with Gasteiger partial charge in [-0.1, -0.05) is 0 Å². The van der Waals surface area contributed by atoms with Crippen molar-refractivity contribution in [2.75, 3.05) is 24.2 Å². The number of rotatable bonds is 6. The number of hydrogen-bond acceptors (Lipinski definition) is 4. The number of carbonyl (C=O) groups is 2. The maximum absolute atomic E-state index is 12.8. The van der Waals surface area contributed by atoms with Crippen LogP contribution >= 0.6 is 24.2 Å². The normalized spacial score (nSPS) is 18.2. The third-order valence-electron chi connectivity index (χ3n) is 3.60. The van der Waals surface area contributed by atoms with E-state index in [2.05, 4.69) is 16.0 Å².